The van der Waals surface area contributed by atoms with E-state index in [9.17, 15) is 8.42 Å². The van der Waals surface area contributed by atoms with Crippen LogP contribution in [0.1, 0.15) is 17.9 Å². The van der Waals surface area contributed by atoms with E-state index in [-0.39, 0.29) is 9.79 Å². The summed E-state index contributed by atoms with van der Waals surface area (Å²) in [5.41, 5.74) is 2.34. The molecule has 6 nitrogen and oxygen atoms in total. The lowest BCUT2D eigenvalue weighted by atomic mass is 9.89. The van der Waals surface area contributed by atoms with Crippen molar-refractivity contribution in [3.8, 4) is 11.5 Å². The van der Waals surface area contributed by atoms with Crippen LogP contribution in [-0.4, -0.2) is 44.6 Å². The first-order valence-electron chi connectivity index (χ1n) is 9.24. The second kappa shape index (κ2) is 6.38. The minimum absolute atomic E-state index is 0.108. The Hall–Kier alpha value is -2.80. The second-order valence-electron chi connectivity index (χ2n) is 7.18. The Bertz CT molecular complexity index is 1110. The summed E-state index contributed by atoms with van der Waals surface area (Å²) < 4.78 is 37.2. The predicted octanol–water partition coefficient (Wildman–Crippen LogP) is 2.93. The molecule has 7 heteroatoms. The van der Waals surface area contributed by atoms with Gasteiger partial charge in [0.2, 0.25) is 9.84 Å². The fourth-order valence-corrected chi connectivity index (χ4v) is 5.45. The van der Waals surface area contributed by atoms with Crippen LogP contribution in [0.5, 0.6) is 11.5 Å². The van der Waals surface area contributed by atoms with Gasteiger partial charge in [0.25, 0.3) is 0 Å². The van der Waals surface area contributed by atoms with Gasteiger partial charge in [-0.1, -0.05) is 12.1 Å². The van der Waals surface area contributed by atoms with E-state index < -0.39 is 9.84 Å². The SMILES string of the molecule is COc1cncc(S(=O)(=O)c2ccc3c(c2)OCC2C3CCN2C2=CC=C2)c1. The topological polar surface area (TPSA) is 68.7 Å². The molecule has 0 bridgehead atoms. The Kier molecular flexibility index (Phi) is 3.94. The molecule has 0 spiro atoms. The number of aromatic nitrogens is 1. The molecular weight excluding hydrogens is 376 g/mol. The molecule has 1 saturated heterocycles. The molecule has 1 aliphatic carbocycles. The van der Waals surface area contributed by atoms with Crippen molar-refractivity contribution in [3.63, 3.8) is 0 Å². The molecule has 2 atom stereocenters. The normalized spacial score (nSPS) is 22.6. The third-order valence-corrected chi connectivity index (χ3v) is 7.47. The number of allylic oxidation sites excluding steroid dienone is 3. The van der Waals surface area contributed by atoms with Gasteiger partial charge >= 0.3 is 0 Å². The lowest BCUT2D eigenvalue weighted by molar-refractivity contribution is 0.174. The van der Waals surface area contributed by atoms with Gasteiger partial charge in [-0.15, -0.1) is 0 Å². The third-order valence-electron chi connectivity index (χ3n) is 5.75. The summed E-state index contributed by atoms with van der Waals surface area (Å²) in [5, 5.41) is 0. The number of hydrogen-bond donors (Lipinski definition) is 0. The molecule has 5 rings (SSSR count). The van der Waals surface area contributed by atoms with Crippen molar-refractivity contribution in [2.24, 2.45) is 0 Å². The number of rotatable bonds is 4. The molecular formula is C21H20N2O4S. The number of pyridine rings is 1. The van der Waals surface area contributed by atoms with E-state index >= 15 is 0 Å². The van der Waals surface area contributed by atoms with Gasteiger partial charge in [-0.05, 0) is 36.3 Å². The first-order chi connectivity index (χ1) is 13.6. The van der Waals surface area contributed by atoms with Gasteiger partial charge < -0.3 is 14.4 Å². The quantitative estimate of drug-likeness (QED) is 0.792. The smallest absolute Gasteiger partial charge is 0.208 e. The molecule has 144 valence electrons. The van der Waals surface area contributed by atoms with Gasteiger partial charge in [-0.3, -0.25) is 4.98 Å². The van der Waals surface area contributed by atoms with Crippen molar-refractivity contribution in [2.45, 2.75) is 28.2 Å². The standard InChI is InChI=1S/C21H20N2O4S/c1-26-15-9-17(12-22-11-15)28(24,25)16-5-6-19-18-7-8-23(14-3-2-4-14)20(18)13-27-21(19)10-16/h2-6,9-12,18,20H,7-8,13H2,1H3. The third kappa shape index (κ3) is 2.61. The summed E-state index contributed by atoms with van der Waals surface area (Å²) in [6, 6.07) is 7.00. The Morgan fingerprint density at radius 1 is 1.21 bits per heavy atom. The van der Waals surface area contributed by atoms with Gasteiger partial charge in [0.1, 0.15) is 18.1 Å². The summed E-state index contributed by atoms with van der Waals surface area (Å²) in [7, 11) is -2.21. The van der Waals surface area contributed by atoms with Gasteiger partial charge in [0.05, 0.1) is 29.1 Å². The van der Waals surface area contributed by atoms with Crippen LogP contribution in [0.4, 0.5) is 0 Å². The highest BCUT2D eigenvalue weighted by atomic mass is 32.2. The lowest BCUT2D eigenvalue weighted by Gasteiger charge is -2.36. The summed E-state index contributed by atoms with van der Waals surface area (Å²) >= 11 is 0. The number of ether oxygens (including phenoxy) is 2. The van der Waals surface area contributed by atoms with E-state index in [1.54, 1.807) is 12.1 Å². The molecule has 1 fully saturated rings. The van der Waals surface area contributed by atoms with Crippen molar-refractivity contribution in [3.05, 3.63) is 66.1 Å². The monoisotopic (exact) mass is 396 g/mol. The fraction of sp³-hybridized carbons (Fsp3) is 0.286. The lowest BCUT2D eigenvalue weighted by Crippen LogP contribution is -2.39. The number of sulfone groups is 1. The van der Waals surface area contributed by atoms with Crippen LogP contribution < -0.4 is 9.47 Å². The van der Waals surface area contributed by atoms with E-state index in [4.69, 9.17) is 9.47 Å². The molecule has 2 aromatic rings. The molecule has 3 aliphatic rings. The number of likely N-dealkylation sites (tertiary alicyclic amines) is 1. The zero-order valence-electron chi connectivity index (χ0n) is 15.4. The van der Waals surface area contributed by atoms with Gasteiger partial charge in [-0.2, -0.15) is 0 Å². The molecule has 2 aliphatic heterocycles. The molecule has 28 heavy (non-hydrogen) atoms. The molecule has 0 N–H and O–H groups in total. The maximum atomic E-state index is 13.0. The van der Waals surface area contributed by atoms with Crippen molar-refractivity contribution in [2.75, 3.05) is 20.3 Å². The highest BCUT2D eigenvalue weighted by Gasteiger charge is 2.41. The van der Waals surface area contributed by atoms with Crippen molar-refractivity contribution < 1.29 is 17.9 Å². The number of fused-ring (bicyclic) bond motifs is 3. The minimum atomic E-state index is -3.70. The zero-order chi connectivity index (χ0) is 19.3. The summed E-state index contributed by atoms with van der Waals surface area (Å²) in [5.74, 6) is 1.43. The van der Waals surface area contributed by atoms with Gasteiger partial charge in [-0.25, -0.2) is 8.42 Å². The first kappa shape index (κ1) is 17.3. The average Bonchev–Trinajstić information content (AvgIpc) is 3.10. The first-order valence-corrected chi connectivity index (χ1v) is 10.7. The number of benzene rings is 1. The van der Waals surface area contributed by atoms with Crippen LogP contribution in [0.25, 0.3) is 0 Å². The van der Waals surface area contributed by atoms with Crippen molar-refractivity contribution in [1.82, 2.24) is 9.88 Å². The van der Waals surface area contributed by atoms with Crippen LogP contribution >= 0.6 is 0 Å². The summed E-state index contributed by atoms with van der Waals surface area (Å²) in [6.45, 7) is 1.55. The molecule has 2 unspecified atom stereocenters. The van der Waals surface area contributed by atoms with Gasteiger partial charge in [0.15, 0.2) is 0 Å². The van der Waals surface area contributed by atoms with Crippen LogP contribution in [-0.2, 0) is 9.84 Å². The largest absolute Gasteiger partial charge is 0.495 e. The van der Waals surface area contributed by atoms with E-state index in [0.717, 1.165) is 18.5 Å². The maximum absolute atomic E-state index is 13.0. The van der Waals surface area contributed by atoms with Crippen LogP contribution in [0.15, 0.2) is 70.4 Å². The van der Waals surface area contributed by atoms with E-state index in [1.807, 2.05) is 12.1 Å². The van der Waals surface area contributed by atoms with Crippen molar-refractivity contribution >= 4 is 9.84 Å². The maximum Gasteiger partial charge on any atom is 0.208 e. The predicted molar refractivity (Wildman–Crippen MR) is 103 cm³/mol. The summed E-state index contributed by atoms with van der Waals surface area (Å²) in [6.07, 6.45) is 10.1. The van der Waals surface area contributed by atoms with Crippen LogP contribution in [0.2, 0.25) is 0 Å². The highest BCUT2D eigenvalue weighted by Crippen LogP contribution is 2.44. The molecule has 0 amide bonds. The molecule has 0 saturated carbocycles. The fourth-order valence-electron chi connectivity index (χ4n) is 4.20. The Morgan fingerprint density at radius 2 is 2.07 bits per heavy atom. The molecule has 3 heterocycles. The Labute approximate surface area is 164 Å². The van der Waals surface area contributed by atoms with Crippen LogP contribution in [0, 0.1) is 0 Å². The molecule has 0 radical (unpaired) electrons. The molecule has 1 aromatic carbocycles. The summed E-state index contributed by atoms with van der Waals surface area (Å²) in [4.78, 5) is 6.67. The second-order valence-corrected chi connectivity index (χ2v) is 9.13. The Morgan fingerprint density at radius 3 is 2.82 bits per heavy atom. The zero-order valence-corrected chi connectivity index (χ0v) is 16.2. The van der Waals surface area contributed by atoms with Crippen LogP contribution in [0.3, 0.4) is 0 Å². The van der Waals surface area contributed by atoms with Crippen molar-refractivity contribution in [1.29, 1.82) is 0 Å². The highest BCUT2D eigenvalue weighted by molar-refractivity contribution is 7.91. The number of nitrogens with zero attached hydrogens (tertiary/aromatic N) is 2. The van der Waals surface area contributed by atoms with E-state index in [2.05, 4.69) is 22.0 Å². The Balaban J connectivity index is 1.47. The average molecular weight is 396 g/mol. The molecule has 1 aromatic heterocycles. The number of hydrogen-bond acceptors (Lipinski definition) is 6. The number of methoxy groups -OCH3 is 1. The van der Waals surface area contributed by atoms with Gasteiger partial charge in [0, 0.05) is 30.4 Å². The minimum Gasteiger partial charge on any atom is -0.495 e. The van der Waals surface area contributed by atoms with E-state index in [0.29, 0.717) is 30.1 Å². The van der Waals surface area contributed by atoms with E-state index in [1.165, 1.54) is 31.3 Å².